The van der Waals surface area contributed by atoms with Gasteiger partial charge in [-0.05, 0) is 62.8 Å². The van der Waals surface area contributed by atoms with Gasteiger partial charge in [0.05, 0.1) is 17.3 Å². The molecule has 174 valence electrons. The van der Waals surface area contributed by atoms with Gasteiger partial charge in [0, 0.05) is 54.6 Å². The second-order valence-electron chi connectivity index (χ2n) is 9.88. The molecule has 0 spiro atoms. The molecule has 0 aliphatic carbocycles. The molecule has 6 rings (SSSR count). The predicted molar refractivity (Wildman–Crippen MR) is 133 cm³/mol. The molecule has 1 aromatic carbocycles. The topological polar surface area (TPSA) is 66.6 Å². The van der Waals surface area contributed by atoms with E-state index in [9.17, 15) is 4.79 Å². The highest BCUT2D eigenvalue weighted by molar-refractivity contribution is 5.98. The standard InChI is InChI=1S/C27H30N6O/c1-18-10-13-31(16-18)26-19(2)17-33-25(29-26)15-23(30-33)24-7-3-4-12-32(24)27(34)21-8-9-22-20(14-21)6-5-11-28-22/h5-6,8-9,11,14-15,17-18,24H,3-4,7,10,12-13,16H2,1-2H3/t18-,24-/m0/s1. The first-order valence-electron chi connectivity index (χ1n) is 12.3. The van der Waals surface area contributed by atoms with Crippen molar-refractivity contribution in [2.75, 3.05) is 24.5 Å². The molecule has 0 saturated carbocycles. The highest BCUT2D eigenvalue weighted by Crippen LogP contribution is 2.33. The molecule has 0 radical (unpaired) electrons. The van der Waals surface area contributed by atoms with Gasteiger partial charge in [0.2, 0.25) is 0 Å². The van der Waals surface area contributed by atoms with Crippen LogP contribution >= 0.6 is 0 Å². The van der Waals surface area contributed by atoms with E-state index in [0.29, 0.717) is 11.5 Å². The Balaban J connectivity index is 1.33. The molecule has 3 aromatic heterocycles. The van der Waals surface area contributed by atoms with Crippen LogP contribution in [-0.4, -0.2) is 50.0 Å². The minimum atomic E-state index is -0.0388. The van der Waals surface area contributed by atoms with E-state index < -0.39 is 0 Å². The summed E-state index contributed by atoms with van der Waals surface area (Å²) in [5.74, 6) is 1.82. The van der Waals surface area contributed by atoms with Crippen molar-refractivity contribution < 1.29 is 4.79 Å². The fraction of sp³-hybridized carbons (Fsp3) is 0.407. The third kappa shape index (κ3) is 3.69. The van der Waals surface area contributed by atoms with Gasteiger partial charge in [0.15, 0.2) is 5.65 Å². The molecule has 2 aliphatic rings. The van der Waals surface area contributed by atoms with E-state index in [2.05, 4.69) is 36.0 Å². The van der Waals surface area contributed by atoms with Gasteiger partial charge in [-0.25, -0.2) is 9.50 Å². The van der Waals surface area contributed by atoms with Crippen LogP contribution < -0.4 is 4.90 Å². The van der Waals surface area contributed by atoms with Crippen molar-refractivity contribution in [3.63, 3.8) is 0 Å². The summed E-state index contributed by atoms with van der Waals surface area (Å²) in [6.45, 7) is 7.25. The number of piperidine rings is 1. The number of fused-ring (bicyclic) bond motifs is 2. The molecular weight excluding hydrogens is 424 g/mol. The molecule has 2 aliphatic heterocycles. The largest absolute Gasteiger partial charge is 0.356 e. The number of rotatable bonds is 3. The number of anilines is 1. The first-order valence-corrected chi connectivity index (χ1v) is 12.3. The molecule has 0 N–H and O–H groups in total. The van der Waals surface area contributed by atoms with Gasteiger partial charge in [-0.1, -0.05) is 13.0 Å². The van der Waals surface area contributed by atoms with Crippen LogP contribution in [0.25, 0.3) is 16.6 Å². The molecule has 0 unspecified atom stereocenters. The Morgan fingerprint density at radius 2 is 2.00 bits per heavy atom. The molecule has 2 atom stereocenters. The molecule has 5 heterocycles. The summed E-state index contributed by atoms with van der Waals surface area (Å²) in [5.41, 5.74) is 4.52. The maximum absolute atomic E-state index is 13.6. The van der Waals surface area contributed by atoms with E-state index in [-0.39, 0.29) is 11.9 Å². The maximum Gasteiger partial charge on any atom is 0.254 e. The van der Waals surface area contributed by atoms with E-state index in [4.69, 9.17) is 10.1 Å². The molecule has 0 bridgehead atoms. The van der Waals surface area contributed by atoms with Gasteiger partial charge in [0.25, 0.3) is 5.91 Å². The number of nitrogens with zero attached hydrogens (tertiary/aromatic N) is 6. The van der Waals surface area contributed by atoms with Crippen molar-refractivity contribution >= 4 is 28.3 Å². The van der Waals surface area contributed by atoms with Crippen LogP contribution in [0.15, 0.2) is 48.8 Å². The van der Waals surface area contributed by atoms with E-state index >= 15 is 0 Å². The zero-order chi connectivity index (χ0) is 23.2. The van der Waals surface area contributed by atoms with Crippen LogP contribution in [0.1, 0.15) is 60.3 Å². The summed E-state index contributed by atoms with van der Waals surface area (Å²) in [6.07, 6.45) is 8.09. The summed E-state index contributed by atoms with van der Waals surface area (Å²) < 4.78 is 1.88. The Hall–Kier alpha value is -3.48. The van der Waals surface area contributed by atoms with E-state index in [1.54, 1.807) is 6.20 Å². The van der Waals surface area contributed by atoms with Gasteiger partial charge in [-0.15, -0.1) is 0 Å². The number of hydrogen-bond acceptors (Lipinski definition) is 5. The van der Waals surface area contributed by atoms with Crippen molar-refractivity contribution in [2.24, 2.45) is 5.92 Å². The molecule has 1 amide bonds. The number of amides is 1. The normalized spacial score (nSPS) is 21.0. The van der Waals surface area contributed by atoms with Crippen LogP contribution in [0.4, 0.5) is 5.82 Å². The SMILES string of the molecule is Cc1cn2nc([C@@H]3CCCCN3C(=O)c3ccc4ncccc4c3)cc2nc1N1CC[C@H](C)C1. The quantitative estimate of drug-likeness (QED) is 0.445. The van der Waals surface area contributed by atoms with E-state index in [1.807, 2.05) is 39.7 Å². The average Bonchev–Trinajstić information content (AvgIpc) is 3.48. The zero-order valence-corrected chi connectivity index (χ0v) is 19.8. The van der Waals surface area contributed by atoms with Crippen LogP contribution in [0.3, 0.4) is 0 Å². The van der Waals surface area contributed by atoms with Gasteiger partial charge in [-0.3, -0.25) is 9.78 Å². The molecule has 34 heavy (non-hydrogen) atoms. The van der Waals surface area contributed by atoms with Crippen LogP contribution in [0, 0.1) is 12.8 Å². The second kappa shape index (κ2) is 8.38. The van der Waals surface area contributed by atoms with Crippen LogP contribution in [0.5, 0.6) is 0 Å². The first kappa shape index (κ1) is 21.1. The molecule has 7 nitrogen and oxygen atoms in total. The molecule has 2 saturated heterocycles. The highest BCUT2D eigenvalue weighted by Gasteiger charge is 2.31. The van der Waals surface area contributed by atoms with E-state index in [0.717, 1.165) is 72.5 Å². The van der Waals surface area contributed by atoms with E-state index in [1.165, 1.54) is 6.42 Å². The Labute approximate surface area is 199 Å². The van der Waals surface area contributed by atoms with Crippen molar-refractivity contribution in [3.05, 3.63) is 65.6 Å². The molecule has 2 fully saturated rings. The minimum Gasteiger partial charge on any atom is -0.356 e. The number of pyridine rings is 1. The Morgan fingerprint density at radius 3 is 2.85 bits per heavy atom. The molecular formula is C27H30N6O. The highest BCUT2D eigenvalue weighted by atomic mass is 16.2. The Kier molecular flexibility index (Phi) is 5.20. The zero-order valence-electron chi connectivity index (χ0n) is 19.8. The fourth-order valence-corrected chi connectivity index (χ4v) is 5.49. The smallest absolute Gasteiger partial charge is 0.254 e. The van der Waals surface area contributed by atoms with Crippen molar-refractivity contribution in [1.29, 1.82) is 0 Å². The van der Waals surface area contributed by atoms with Crippen molar-refractivity contribution in [3.8, 4) is 0 Å². The molecule has 7 heteroatoms. The summed E-state index contributed by atoms with van der Waals surface area (Å²) in [7, 11) is 0. The van der Waals surface area contributed by atoms with Gasteiger partial charge >= 0.3 is 0 Å². The number of benzene rings is 1. The maximum atomic E-state index is 13.6. The van der Waals surface area contributed by atoms with Crippen LogP contribution in [0.2, 0.25) is 0 Å². The Morgan fingerprint density at radius 1 is 1.09 bits per heavy atom. The number of carbonyl (C=O) groups is 1. The number of carbonyl (C=O) groups excluding carboxylic acids is 1. The lowest BCUT2D eigenvalue weighted by atomic mass is 9.98. The van der Waals surface area contributed by atoms with Crippen molar-refractivity contribution in [2.45, 2.75) is 45.6 Å². The Bertz CT molecular complexity index is 1380. The predicted octanol–water partition coefficient (Wildman–Crippen LogP) is 4.80. The fourth-order valence-electron chi connectivity index (χ4n) is 5.49. The summed E-state index contributed by atoms with van der Waals surface area (Å²) >= 11 is 0. The number of hydrogen-bond donors (Lipinski definition) is 0. The lowest BCUT2D eigenvalue weighted by molar-refractivity contribution is 0.0606. The average molecular weight is 455 g/mol. The third-order valence-electron chi connectivity index (χ3n) is 7.30. The van der Waals surface area contributed by atoms with Gasteiger partial charge in [0.1, 0.15) is 5.82 Å². The third-order valence-corrected chi connectivity index (χ3v) is 7.30. The van der Waals surface area contributed by atoms with Crippen LogP contribution in [-0.2, 0) is 0 Å². The molecule has 4 aromatic rings. The monoisotopic (exact) mass is 454 g/mol. The number of aryl methyl sites for hydroxylation is 1. The number of aromatic nitrogens is 4. The lowest BCUT2D eigenvalue weighted by Crippen LogP contribution is -2.38. The van der Waals surface area contributed by atoms with Crippen molar-refractivity contribution in [1.82, 2.24) is 24.5 Å². The summed E-state index contributed by atoms with van der Waals surface area (Å²) in [5, 5.41) is 5.87. The summed E-state index contributed by atoms with van der Waals surface area (Å²) in [6, 6.07) is 11.7. The summed E-state index contributed by atoms with van der Waals surface area (Å²) in [4.78, 5) is 27.4. The first-order chi connectivity index (χ1) is 16.6. The lowest BCUT2D eigenvalue weighted by Gasteiger charge is -2.34. The van der Waals surface area contributed by atoms with Gasteiger partial charge < -0.3 is 9.80 Å². The van der Waals surface area contributed by atoms with Gasteiger partial charge in [-0.2, -0.15) is 5.10 Å². The number of likely N-dealkylation sites (tertiary alicyclic amines) is 1. The second-order valence-corrected chi connectivity index (χ2v) is 9.88. The minimum absolute atomic E-state index is 0.0388.